The van der Waals surface area contributed by atoms with Crippen LogP contribution >= 0.6 is 0 Å². The monoisotopic (exact) mass is 1200 g/mol. The van der Waals surface area contributed by atoms with Crippen molar-refractivity contribution in [3.8, 4) is 57.1 Å². The molecule has 20 aromatic rings. The molecule has 0 amide bonds. The lowest BCUT2D eigenvalue weighted by atomic mass is 10.0. The summed E-state index contributed by atoms with van der Waals surface area (Å²) in [5.41, 5.74) is 21.9. The molecule has 8 heteroatoms. The first-order chi connectivity index (χ1) is 46.5. The molecule has 0 unspecified atom stereocenters. The summed E-state index contributed by atoms with van der Waals surface area (Å²) < 4.78 is 22.0. The molecule has 0 saturated heterocycles. The Bertz CT molecular complexity index is 6550. The van der Waals surface area contributed by atoms with E-state index < -0.39 is 0 Å². The highest BCUT2D eigenvalue weighted by Gasteiger charge is 2.23. The van der Waals surface area contributed by atoms with Crippen molar-refractivity contribution in [2.24, 2.45) is 0 Å². The second-order valence-corrected chi connectivity index (χ2v) is 24.2. The Labute approximate surface area is 537 Å². The average molecular weight is 1200 g/mol. The summed E-state index contributed by atoms with van der Waals surface area (Å²) in [6.07, 6.45) is 0. The summed E-state index contributed by atoms with van der Waals surface area (Å²) in [4.78, 5) is 0. The minimum Gasteiger partial charge on any atom is -0.456 e. The normalized spacial score (nSPS) is 11.8. The second kappa shape index (κ2) is 20.7. The maximum absolute atomic E-state index is 10.2. The fraction of sp³-hybridized carbons (Fsp3) is 0. The number of nitriles is 2. The van der Waals surface area contributed by atoms with E-state index in [0.717, 1.165) is 144 Å². The van der Waals surface area contributed by atoms with Crippen LogP contribution in [0.3, 0.4) is 0 Å². The summed E-state index contributed by atoms with van der Waals surface area (Å²) in [5, 5.41) is 34.3. The number of rotatable bonds is 6. The van der Waals surface area contributed by atoms with Crippen LogP contribution in [0.5, 0.6) is 0 Å². The van der Waals surface area contributed by atoms with Crippen molar-refractivity contribution in [3.05, 3.63) is 314 Å². The molecule has 436 valence electrons. The lowest BCUT2D eigenvalue weighted by Gasteiger charge is -2.13. The van der Waals surface area contributed by atoms with Gasteiger partial charge < -0.3 is 27.1 Å². The number of para-hydroxylation sites is 8. The Morgan fingerprint density at radius 2 is 0.596 bits per heavy atom. The third kappa shape index (κ3) is 7.97. The van der Waals surface area contributed by atoms with Gasteiger partial charge in [-0.3, -0.25) is 0 Å². The first-order valence-corrected chi connectivity index (χ1v) is 31.5. The van der Waals surface area contributed by atoms with E-state index in [0.29, 0.717) is 11.1 Å². The van der Waals surface area contributed by atoms with Gasteiger partial charge in [-0.25, -0.2) is 0 Å². The Morgan fingerprint density at radius 3 is 1.09 bits per heavy atom. The molecule has 0 aliphatic rings. The van der Waals surface area contributed by atoms with E-state index in [1.165, 1.54) is 32.3 Å². The van der Waals surface area contributed by atoms with Crippen molar-refractivity contribution in [1.29, 1.82) is 10.5 Å². The number of nitrogens with zero attached hydrogens (tertiary/aromatic N) is 6. The SMILES string of the molecule is N#Cc1cc(-c2cccc(-n3c4ccccc4c4c5c(ccc43)oc3ccccc35)c2)cc(-n2c3ccccc3c3ccccc32)c1.N#Cc1cc(-c2cccc(-n3c4ccccc4c4c5oc6ccccc6c5ccc43)c2)cc(-n2c3ccccc3c3ccccc32)c1. The van der Waals surface area contributed by atoms with Crippen LogP contribution in [0.25, 0.3) is 176 Å². The van der Waals surface area contributed by atoms with Gasteiger partial charge >= 0.3 is 0 Å². The zero-order valence-electron chi connectivity index (χ0n) is 50.4. The quantitative estimate of drug-likeness (QED) is 0.166. The fourth-order valence-corrected chi connectivity index (χ4v) is 15.1. The fourth-order valence-electron chi connectivity index (χ4n) is 15.1. The highest BCUT2D eigenvalue weighted by Crippen LogP contribution is 2.45. The summed E-state index contributed by atoms with van der Waals surface area (Å²) in [6.45, 7) is 0. The van der Waals surface area contributed by atoms with E-state index in [4.69, 9.17) is 8.83 Å². The Hall–Kier alpha value is -13.1. The van der Waals surface area contributed by atoms with Crippen molar-refractivity contribution in [2.75, 3.05) is 0 Å². The van der Waals surface area contributed by atoms with Gasteiger partial charge in [-0.1, -0.05) is 170 Å². The zero-order valence-corrected chi connectivity index (χ0v) is 50.4. The van der Waals surface area contributed by atoms with Crippen LogP contribution in [-0.4, -0.2) is 18.3 Å². The third-order valence-corrected chi connectivity index (χ3v) is 19.0. The van der Waals surface area contributed by atoms with Crippen LogP contribution in [0, 0.1) is 22.7 Å². The topological polar surface area (TPSA) is 93.6 Å². The molecular formula is C86H50N6O2. The van der Waals surface area contributed by atoms with Gasteiger partial charge in [0.05, 0.1) is 72.8 Å². The molecule has 0 aliphatic carbocycles. The summed E-state index contributed by atoms with van der Waals surface area (Å²) in [5.74, 6) is 0. The van der Waals surface area contributed by atoms with Crippen molar-refractivity contribution in [3.63, 3.8) is 0 Å². The van der Waals surface area contributed by atoms with E-state index in [1.54, 1.807) is 0 Å². The van der Waals surface area contributed by atoms with Crippen LogP contribution in [0.15, 0.2) is 312 Å². The van der Waals surface area contributed by atoms with Crippen LogP contribution < -0.4 is 0 Å². The third-order valence-electron chi connectivity index (χ3n) is 19.0. The molecule has 14 aromatic carbocycles. The number of hydrogen-bond acceptors (Lipinski definition) is 4. The smallest absolute Gasteiger partial charge is 0.145 e. The Morgan fingerprint density at radius 1 is 0.223 bits per heavy atom. The largest absolute Gasteiger partial charge is 0.456 e. The van der Waals surface area contributed by atoms with Crippen molar-refractivity contribution < 1.29 is 8.83 Å². The van der Waals surface area contributed by atoms with E-state index >= 15 is 0 Å². The number of benzene rings is 14. The molecule has 0 N–H and O–H groups in total. The van der Waals surface area contributed by atoms with Gasteiger partial charge in [-0.2, -0.15) is 10.5 Å². The summed E-state index contributed by atoms with van der Waals surface area (Å²) >= 11 is 0. The number of fused-ring (bicyclic) bond motifs is 20. The minimum absolute atomic E-state index is 0.619. The van der Waals surface area contributed by atoms with Gasteiger partial charge in [0.15, 0.2) is 0 Å². The highest BCUT2D eigenvalue weighted by molar-refractivity contribution is 6.28. The number of aromatic nitrogens is 4. The molecule has 6 aromatic heterocycles. The molecule has 6 heterocycles. The molecule has 8 nitrogen and oxygen atoms in total. The van der Waals surface area contributed by atoms with E-state index in [9.17, 15) is 10.5 Å². The maximum Gasteiger partial charge on any atom is 0.145 e. The molecule has 0 radical (unpaired) electrons. The summed E-state index contributed by atoms with van der Waals surface area (Å²) in [6, 6.07) is 111. The molecule has 0 atom stereocenters. The predicted molar refractivity (Wildman–Crippen MR) is 385 cm³/mol. The Balaban J connectivity index is 0.000000133. The molecule has 0 fully saturated rings. The van der Waals surface area contributed by atoms with Gasteiger partial charge in [0.2, 0.25) is 0 Å². The van der Waals surface area contributed by atoms with Crippen molar-refractivity contribution in [1.82, 2.24) is 18.3 Å². The molecular weight excluding hydrogens is 1150 g/mol. The Kier molecular flexibility index (Phi) is 11.6. The average Bonchev–Trinajstić information content (AvgIpc) is 1.63. The van der Waals surface area contributed by atoms with Gasteiger partial charge in [-0.05, 0) is 156 Å². The van der Waals surface area contributed by atoms with Crippen LogP contribution in [-0.2, 0) is 0 Å². The van der Waals surface area contributed by atoms with Gasteiger partial charge in [0, 0.05) is 82.0 Å². The van der Waals surface area contributed by atoms with E-state index in [-0.39, 0.29) is 0 Å². The summed E-state index contributed by atoms with van der Waals surface area (Å²) in [7, 11) is 0. The molecule has 20 rings (SSSR count). The molecule has 0 aliphatic heterocycles. The number of hydrogen-bond donors (Lipinski definition) is 0. The molecule has 0 spiro atoms. The van der Waals surface area contributed by atoms with Gasteiger partial charge in [0.1, 0.15) is 22.3 Å². The van der Waals surface area contributed by atoms with Crippen molar-refractivity contribution in [2.45, 2.75) is 0 Å². The van der Waals surface area contributed by atoms with Crippen LogP contribution in [0.1, 0.15) is 11.1 Å². The first-order valence-electron chi connectivity index (χ1n) is 31.5. The van der Waals surface area contributed by atoms with Crippen LogP contribution in [0.2, 0.25) is 0 Å². The van der Waals surface area contributed by atoms with Gasteiger partial charge in [-0.15, -0.1) is 0 Å². The lowest BCUT2D eigenvalue weighted by Crippen LogP contribution is -1.97. The highest BCUT2D eigenvalue weighted by atomic mass is 16.3. The molecule has 94 heavy (non-hydrogen) atoms. The predicted octanol–water partition coefficient (Wildman–Crippen LogP) is 22.6. The zero-order chi connectivity index (χ0) is 62.1. The molecule has 0 bridgehead atoms. The van der Waals surface area contributed by atoms with Gasteiger partial charge in [0.25, 0.3) is 0 Å². The second-order valence-electron chi connectivity index (χ2n) is 24.2. The lowest BCUT2D eigenvalue weighted by molar-refractivity contribution is 0.669. The van der Waals surface area contributed by atoms with E-state index in [2.05, 4.69) is 285 Å². The minimum atomic E-state index is 0.619. The first kappa shape index (κ1) is 52.8. The number of furan rings is 2. The van der Waals surface area contributed by atoms with E-state index in [1.807, 2.05) is 48.5 Å². The van der Waals surface area contributed by atoms with Crippen LogP contribution in [0.4, 0.5) is 0 Å². The molecule has 0 saturated carbocycles. The maximum atomic E-state index is 10.2. The standard InChI is InChI=1S/2C43H25N3O/c44-26-27-22-29(25-31(23-27)46-37-16-5-1-12-32(37)33-13-2-6-17-38(33)46)28-10-9-11-30(24-28)45-39-18-7-3-15-36(39)42-40(45)21-20-35-34-14-4-8-19-41(34)47-43(35)42;44-26-27-22-29(25-31(23-27)46-36-16-5-1-12-32(36)33-13-2-6-17-37(33)46)28-10-9-11-30(24-28)45-38-18-7-3-14-34(38)42-39(45)20-21-41-43(42)35-15-4-8-19-40(35)47-41/h2*1-25H. The van der Waals surface area contributed by atoms with Crippen molar-refractivity contribution >= 4 is 131 Å².